The molecular formula is C24H23N5O2. The SMILES string of the molecule is CCn1c(=O)c2c(nc3n(-c4ccc(C)cc4C)c(-c4ccccc4)cn23)n(C)c1=O. The van der Waals surface area contributed by atoms with Gasteiger partial charge in [0.25, 0.3) is 5.56 Å². The summed E-state index contributed by atoms with van der Waals surface area (Å²) in [6.45, 7) is 6.23. The van der Waals surface area contributed by atoms with Gasteiger partial charge in [0, 0.05) is 25.4 Å². The zero-order chi connectivity index (χ0) is 21.9. The van der Waals surface area contributed by atoms with E-state index in [1.165, 1.54) is 14.7 Å². The highest BCUT2D eigenvalue weighted by atomic mass is 16.2. The third-order valence-electron chi connectivity index (χ3n) is 5.83. The second-order valence-electron chi connectivity index (χ2n) is 7.85. The zero-order valence-electron chi connectivity index (χ0n) is 18.0. The third-order valence-corrected chi connectivity index (χ3v) is 5.83. The first-order valence-corrected chi connectivity index (χ1v) is 10.3. The van der Waals surface area contributed by atoms with E-state index in [0.717, 1.165) is 22.5 Å². The summed E-state index contributed by atoms with van der Waals surface area (Å²) in [7, 11) is 1.66. The summed E-state index contributed by atoms with van der Waals surface area (Å²) >= 11 is 0. The lowest BCUT2D eigenvalue weighted by atomic mass is 10.1. The summed E-state index contributed by atoms with van der Waals surface area (Å²) in [6.07, 6.45) is 1.94. The maximum Gasteiger partial charge on any atom is 0.332 e. The van der Waals surface area contributed by atoms with Gasteiger partial charge in [-0.3, -0.25) is 22.9 Å². The molecule has 2 aromatic carbocycles. The van der Waals surface area contributed by atoms with Gasteiger partial charge in [-0.2, -0.15) is 4.98 Å². The molecule has 0 unspecified atom stereocenters. The number of hydrogen-bond acceptors (Lipinski definition) is 3. The van der Waals surface area contributed by atoms with Crippen molar-refractivity contribution in [2.24, 2.45) is 7.05 Å². The molecule has 156 valence electrons. The quantitative estimate of drug-likeness (QED) is 0.455. The van der Waals surface area contributed by atoms with Crippen LogP contribution in [0, 0.1) is 13.8 Å². The van der Waals surface area contributed by atoms with Gasteiger partial charge < -0.3 is 0 Å². The van der Waals surface area contributed by atoms with Gasteiger partial charge in [-0.25, -0.2) is 4.79 Å². The Hall–Kier alpha value is -3.87. The summed E-state index contributed by atoms with van der Waals surface area (Å²) in [4.78, 5) is 30.6. The maximum atomic E-state index is 13.2. The van der Waals surface area contributed by atoms with E-state index in [4.69, 9.17) is 4.98 Å². The van der Waals surface area contributed by atoms with Crippen LogP contribution < -0.4 is 11.2 Å². The molecule has 31 heavy (non-hydrogen) atoms. The summed E-state index contributed by atoms with van der Waals surface area (Å²) in [5, 5.41) is 0. The summed E-state index contributed by atoms with van der Waals surface area (Å²) in [6, 6.07) is 16.3. The zero-order valence-corrected chi connectivity index (χ0v) is 18.0. The minimum atomic E-state index is -0.359. The van der Waals surface area contributed by atoms with Gasteiger partial charge in [0.05, 0.1) is 11.4 Å². The van der Waals surface area contributed by atoms with E-state index in [1.807, 2.05) is 40.9 Å². The molecular weight excluding hydrogens is 390 g/mol. The summed E-state index contributed by atoms with van der Waals surface area (Å²) in [5.41, 5.74) is 5.29. The molecule has 0 spiro atoms. The normalized spacial score (nSPS) is 11.6. The number of imidazole rings is 2. The highest BCUT2D eigenvalue weighted by Gasteiger charge is 2.22. The molecule has 0 saturated heterocycles. The van der Waals surface area contributed by atoms with Crippen molar-refractivity contribution in [1.82, 2.24) is 23.1 Å². The Morgan fingerprint density at radius 2 is 1.74 bits per heavy atom. The van der Waals surface area contributed by atoms with Crippen molar-refractivity contribution in [3.05, 3.63) is 86.7 Å². The molecule has 3 heterocycles. The Bertz CT molecular complexity index is 1580. The molecule has 0 aliphatic carbocycles. The van der Waals surface area contributed by atoms with Crippen LogP contribution in [0.3, 0.4) is 0 Å². The van der Waals surface area contributed by atoms with E-state index < -0.39 is 0 Å². The minimum Gasteiger partial charge on any atom is -0.279 e. The maximum absolute atomic E-state index is 13.2. The topological polar surface area (TPSA) is 66.2 Å². The molecule has 0 atom stereocenters. The van der Waals surface area contributed by atoms with Crippen molar-refractivity contribution in [3.8, 4) is 16.9 Å². The van der Waals surface area contributed by atoms with Crippen LogP contribution in [0.5, 0.6) is 0 Å². The van der Waals surface area contributed by atoms with Crippen molar-refractivity contribution in [2.45, 2.75) is 27.3 Å². The number of benzene rings is 2. The second-order valence-corrected chi connectivity index (χ2v) is 7.85. The van der Waals surface area contributed by atoms with Crippen molar-refractivity contribution < 1.29 is 0 Å². The smallest absolute Gasteiger partial charge is 0.279 e. The van der Waals surface area contributed by atoms with Crippen LogP contribution in [0.1, 0.15) is 18.1 Å². The Morgan fingerprint density at radius 3 is 2.42 bits per heavy atom. The molecule has 5 rings (SSSR count). The van der Waals surface area contributed by atoms with Crippen LogP contribution in [-0.4, -0.2) is 23.1 Å². The molecule has 0 aliphatic heterocycles. The largest absolute Gasteiger partial charge is 0.332 e. The predicted octanol–water partition coefficient (Wildman–Crippen LogP) is 3.44. The van der Waals surface area contributed by atoms with Crippen molar-refractivity contribution in [2.75, 3.05) is 0 Å². The van der Waals surface area contributed by atoms with Crippen LogP contribution in [0.25, 0.3) is 33.9 Å². The van der Waals surface area contributed by atoms with Crippen LogP contribution in [0.15, 0.2) is 64.3 Å². The van der Waals surface area contributed by atoms with E-state index in [9.17, 15) is 9.59 Å². The molecule has 5 aromatic rings. The first-order chi connectivity index (χ1) is 14.9. The number of aromatic nitrogens is 5. The Kier molecular flexibility index (Phi) is 4.22. The number of hydrogen-bond donors (Lipinski definition) is 0. The lowest BCUT2D eigenvalue weighted by Gasteiger charge is -2.12. The molecule has 7 heteroatoms. The Labute approximate surface area is 178 Å². The lowest BCUT2D eigenvalue weighted by molar-refractivity contribution is 0.637. The highest BCUT2D eigenvalue weighted by molar-refractivity contribution is 5.79. The van der Waals surface area contributed by atoms with Crippen LogP contribution >= 0.6 is 0 Å². The Morgan fingerprint density at radius 1 is 1.00 bits per heavy atom. The van der Waals surface area contributed by atoms with Gasteiger partial charge >= 0.3 is 5.69 Å². The molecule has 7 nitrogen and oxygen atoms in total. The number of aryl methyl sites for hydroxylation is 3. The number of fused-ring (bicyclic) bond motifs is 3. The third kappa shape index (κ3) is 2.70. The van der Waals surface area contributed by atoms with Crippen LogP contribution in [-0.2, 0) is 13.6 Å². The fraction of sp³-hybridized carbons (Fsp3) is 0.208. The van der Waals surface area contributed by atoms with E-state index in [0.29, 0.717) is 23.5 Å². The average Bonchev–Trinajstić information content (AvgIpc) is 3.30. The molecule has 0 aliphatic rings. The average molecular weight is 413 g/mol. The van der Waals surface area contributed by atoms with Gasteiger partial charge in [0.2, 0.25) is 5.78 Å². The first-order valence-electron chi connectivity index (χ1n) is 10.3. The van der Waals surface area contributed by atoms with Gasteiger partial charge in [0.1, 0.15) is 0 Å². The molecule has 0 saturated carbocycles. The molecule has 3 aromatic heterocycles. The van der Waals surface area contributed by atoms with Gasteiger partial charge in [-0.1, -0.05) is 48.0 Å². The van der Waals surface area contributed by atoms with Gasteiger partial charge in [0.15, 0.2) is 11.2 Å². The monoisotopic (exact) mass is 413 g/mol. The minimum absolute atomic E-state index is 0.304. The summed E-state index contributed by atoms with van der Waals surface area (Å²) in [5.74, 6) is 0.599. The first kappa shape index (κ1) is 19.1. The highest BCUT2D eigenvalue weighted by Crippen LogP contribution is 2.30. The van der Waals surface area contributed by atoms with E-state index in [1.54, 1.807) is 14.0 Å². The summed E-state index contributed by atoms with van der Waals surface area (Å²) < 4.78 is 6.56. The number of nitrogens with zero attached hydrogens (tertiary/aromatic N) is 5. The molecule has 0 amide bonds. The van der Waals surface area contributed by atoms with Crippen molar-refractivity contribution >= 4 is 16.9 Å². The molecule has 0 fully saturated rings. The molecule has 0 radical (unpaired) electrons. The molecule has 0 bridgehead atoms. The van der Waals surface area contributed by atoms with Crippen LogP contribution in [0.2, 0.25) is 0 Å². The fourth-order valence-corrected chi connectivity index (χ4v) is 4.28. The lowest BCUT2D eigenvalue weighted by Crippen LogP contribution is -2.38. The second kappa shape index (κ2) is 6.84. The van der Waals surface area contributed by atoms with Crippen molar-refractivity contribution in [1.29, 1.82) is 0 Å². The van der Waals surface area contributed by atoms with E-state index in [2.05, 4.69) is 36.6 Å². The Balaban J connectivity index is 1.99. The van der Waals surface area contributed by atoms with Gasteiger partial charge in [-0.15, -0.1) is 0 Å². The van der Waals surface area contributed by atoms with E-state index in [-0.39, 0.29) is 11.2 Å². The van der Waals surface area contributed by atoms with Crippen LogP contribution in [0.4, 0.5) is 0 Å². The fourth-order valence-electron chi connectivity index (χ4n) is 4.28. The predicted molar refractivity (Wildman–Crippen MR) is 122 cm³/mol. The van der Waals surface area contributed by atoms with E-state index >= 15 is 0 Å². The van der Waals surface area contributed by atoms with Crippen molar-refractivity contribution in [3.63, 3.8) is 0 Å². The van der Waals surface area contributed by atoms with Gasteiger partial charge in [-0.05, 0) is 32.4 Å². The molecule has 0 N–H and O–H groups in total. The standard InChI is InChI=1S/C24H23N5O2/c1-5-27-22(30)20-21(26(4)24(27)31)25-23-28(20)14-19(17-9-7-6-8-10-17)29(23)18-12-11-15(2)13-16(18)3/h6-14H,5H2,1-4H3. The number of rotatable bonds is 3.